The molecule has 0 aliphatic carbocycles. The number of aromatic nitrogens is 1. The second-order valence-electron chi connectivity index (χ2n) is 4.39. The van der Waals surface area contributed by atoms with Crippen LogP contribution < -0.4 is 4.74 Å². The number of nitrogens with zero attached hydrogens (tertiary/aromatic N) is 1. The summed E-state index contributed by atoms with van der Waals surface area (Å²) in [5, 5.41) is 2.85. The smallest absolute Gasteiger partial charge is 0.163 e. The van der Waals surface area contributed by atoms with E-state index >= 15 is 0 Å². The summed E-state index contributed by atoms with van der Waals surface area (Å²) in [6.45, 7) is 1.59. The van der Waals surface area contributed by atoms with E-state index in [0.29, 0.717) is 5.57 Å². The summed E-state index contributed by atoms with van der Waals surface area (Å²) in [6.07, 6.45) is 3.96. The first-order valence-corrected chi connectivity index (χ1v) is 9.87. The fourth-order valence-electron chi connectivity index (χ4n) is 1.97. The van der Waals surface area contributed by atoms with E-state index in [2.05, 4.69) is 4.98 Å². The summed E-state index contributed by atoms with van der Waals surface area (Å²) in [4.78, 5) is 16.6. The molecule has 1 aromatic heterocycles. The van der Waals surface area contributed by atoms with Crippen LogP contribution >= 0.6 is 34.9 Å². The van der Waals surface area contributed by atoms with Gasteiger partial charge in [0.1, 0.15) is 10.8 Å². The summed E-state index contributed by atoms with van der Waals surface area (Å²) >= 11 is 4.71. The Hall–Kier alpha value is -1.24. The van der Waals surface area contributed by atoms with Crippen LogP contribution in [-0.4, -0.2) is 30.4 Å². The van der Waals surface area contributed by atoms with Crippen molar-refractivity contribution in [3.05, 3.63) is 39.6 Å². The summed E-state index contributed by atoms with van der Waals surface area (Å²) in [7, 11) is 1.65. The molecular formula is C16H17NO2S3. The van der Waals surface area contributed by atoms with Crippen LogP contribution in [0.4, 0.5) is 0 Å². The Labute approximate surface area is 143 Å². The van der Waals surface area contributed by atoms with Gasteiger partial charge in [-0.3, -0.25) is 4.79 Å². The van der Waals surface area contributed by atoms with Crippen LogP contribution in [0.15, 0.2) is 33.9 Å². The minimum atomic E-state index is 0.0466. The average Bonchev–Trinajstić information content (AvgIpc) is 3.01. The largest absolute Gasteiger partial charge is 0.497 e. The van der Waals surface area contributed by atoms with Crippen molar-refractivity contribution in [2.24, 2.45) is 0 Å². The lowest BCUT2D eigenvalue weighted by atomic mass is 10.1. The molecular weight excluding hydrogens is 334 g/mol. The standard InChI is InChI=1S/C16H17NO2S3/c1-10(18)14(16(20-3)21-4)13-9-22-15(17-13)11-5-7-12(19-2)8-6-11/h5-9H,1-4H3. The van der Waals surface area contributed by atoms with Crippen LogP contribution in [0.1, 0.15) is 12.6 Å². The Kier molecular flexibility index (Phi) is 6.11. The Morgan fingerprint density at radius 1 is 1.18 bits per heavy atom. The van der Waals surface area contributed by atoms with Crippen molar-refractivity contribution < 1.29 is 9.53 Å². The van der Waals surface area contributed by atoms with E-state index in [-0.39, 0.29) is 5.78 Å². The number of carbonyl (C=O) groups excluding carboxylic acids is 1. The first-order chi connectivity index (χ1) is 10.6. The van der Waals surface area contributed by atoms with Crippen molar-refractivity contribution in [1.82, 2.24) is 4.98 Å². The number of benzene rings is 1. The molecule has 6 heteroatoms. The van der Waals surface area contributed by atoms with Gasteiger partial charge in [0.25, 0.3) is 0 Å². The van der Waals surface area contributed by atoms with Gasteiger partial charge in [0.05, 0.1) is 22.6 Å². The Bertz CT molecular complexity index is 684. The van der Waals surface area contributed by atoms with Gasteiger partial charge in [-0.15, -0.1) is 34.9 Å². The number of allylic oxidation sites excluding steroid dienone is 1. The van der Waals surface area contributed by atoms with E-state index in [4.69, 9.17) is 4.74 Å². The number of rotatable bonds is 6. The number of hydrogen-bond acceptors (Lipinski definition) is 6. The molecule has 0 radical (unpaired) electrons. The first kappa shape index (κ1) is 17.1. The number of methoxy groups -OCH3 is 1. The normalized spacial score (nSPS) is 10.4. The Morgan fingerprint density at radius 3 is 2.32 bits per heavy atom. The van der Waals surface area contributed by atoms with E-state index in [0.717, 1.165) is 26.3 Å². The van der Waals surface area contributed by atoms with E-state index in [9.17, 15) is 4.79 Å². The van der Waals surface area contributed by atoms with Gasteiger partial charge in [0, 0.05) is 10.9 Å². The SMILES string of the molecule is COc1ccc(-c2nc(C(C(C)=O)=C(SC)SC)cs2)cc1. The van der Waals surface area contributed by atoms with Gasteiger partial charge in [-0.1, -0.05) is 0 Å². The number of carbonyl (C=O) groups is 1. The molecule has 22 heavy (non-hydrogen) atoms. The number of hydrogen-bond donors (Lipinski definition) is 0. The molecule has 0 amide bonds. The van der Waals surface area contributed by atoms with E-state index in [1.165, 1.54) is 0 Å². The van der Waals surface area contributed by atoms with Gasteiger partial charge < -0.3 is 4.74 Å². The molecule has 0 saturated heterocycles. The maximum atomic E-state index is 12.0. The zero-order valence-electron chi connectivity index (χ0n) is 12.9. The van der Waals surface area contributed by atoms with Gasteiger partial charge in [0.2, 0.25) is 0 Å². The van der Waals surface area contributed by atoms with Crippen LogP contribution in [-0.2, 0) is 4.79 Å². The van der Waals surface area contributed by atoms with Crippen LogP contribution in [0.5, 0.6) is 5.75 Å². The Morgan fingerprint density at radius 2 is 1.82 bits per heavy atom. The lowest BCUT2D eigenvalue weighted by Gasteiger charge is -2.06. The third kappa shape index (κ3) is 3.74. The lowest BCUT2D eigenvalue weighted by molar-refractivity contribution is -0.111. The minimum absolute atomic E-state index is 0.0466. The van der Waals surface area contributed by atoms with Gasteiger partial charge >= 0.3 is 0 Å². The summed E-state index contributed by atoms with van der Waals surface area (Å²) in [6, 6.07) is 7.77. The molecule has 2 aromatic rings. The molecule has 0 saturated carbocycles. The predicted molar refractivity (Wildman–Crippen MR) is 98.7 cm³/mol. The fraction of sp³-hybridized carbons (Fsp3) is 0.250. The number of thioether (sulfide) groups is 2. The van der Waals surface area contributed by atoms with Crippen LogP contribution in [0.25, 0.3) is 16.1 Å². The quantitative estimate of drug-likeness (QED) is 0.699. The number of Topliss-reactive ketones (excluding diaryl/α,β-unsaturated/α-hetero) is 1. The number of ether oxygens (including phenoxy) is 1. The molecule has 1 heterocycles. The topological polar surface area (TPSA) is 39.2 Å². The average molecular weight is 352 g/mol. The molecule has 3 nitrogen and oxygen atoms in total. The van der Waals surface area contributed by atoms with Crippen molar-refractivity contribution in [1.29, 1.82) is 0 Å². The molecule has 0 spiro atoms. The van der Waals surface area contributed by atoms with Crippen LogP contribution in [0.2, 0.25) is 0 Å². The van der Waals surface area contributed by atoms with Crippen LogP contribution in [0.3, 0.4) is 0 Å². The third-order valence-electron chi connectivity index (χ3n) is 3.02. The number of ketones is 1. The Balaban J connectivity index is 2.41. The van der Waals surface area contributed by atoms with Crippen molar-refractivity contribution in [2.75, 3.05) is 19.6 Å². The molecule has 0 aliphatic rings. The maximum absolute atomic E-state index is 12.0. The zero-order chi connectivity index (χ0) is 16.1. The highest BCUT2D eigenvalue weighted by Gasteiger charge is 2.17. The molecule has 0 atom stereocenters. The number of thiazole rings is 1. The maximum Gasteiger partial charge on any atom is 0.163 e. The zero-order valence-corrected chi connectivity index (χ0v) is 15.3. The second-order valence-corrected chi connectivity index (χ2v) is 7.14. The summed E-state index contributed by atoms with van der Waals surface area (Å²) in [5.41, 5.74) is 2.48. The lowest BCUT2D eigenvalue weighted by Crippen LogP contribution is -1.98. The second kappa shape index (κ2) is 7.85. The predicted octanol–water partition coefficient (Wildman–Crippen LogP) is 4.80. The van der Waals surface area contributed by atoms with Crippen molar-refractivity contribution >= 4 is 46.2 Å². The highest BCUT2D eigenvalue weighted by molar-refractivity contribution is 8.22. The monoisotopic (exact) mass is 351 g/mol. The highest BCUT2D eigenvalue weighted by atomic mass is 32.2. The first-order valence-electron chi connectivity index (χ1n) is 6.54. The molecule has 116 valence electrons. The van der Waals surface area contributed by atoms with Crippen LogP contribution in [0, 0.1) is 0 Å². The van der Waals surface area contributed by atoms with Gasteiger partial charge in [-0.25, -0.2) is 4.98 Å². The fourth-order valence-corrected chi connectivity index (χ4v) is 4.36. The third-order valence-corrected chi connectivity index (χ3v) is 6.07. The molecule has 0 aliphatic heterocycles. The van der Waals surface area contributed by atoms with Crippen molar-refractivity contribution in [3.8, 4) is 16.3 Å². The molecule has 2 rings (SSSR count). The molecule has 0 N–H and O–H groups in total. The summed E-state index contributed by atoms with van der Waals surface area (Å²) in [5.74, 6) is 0.863. The van der Waals surface area contributed by atoms with Gasteiger partial charge in [-0.05, 0) is 43.7 Å². The molecule has 0 bridgehead atoms. The minimum Gasteiger partial charge on any atom is -0.497 e. The van der Waals surface area contributed by atoms with E-state index in [1.54, 1.807) is 48.9 Å². The summed E-state index contributed by atoms with van der Waals surface area (Å²) < 4.78 is 6.17. The van der Waals surface area contributed by atoms with Gasteiger partial charge in [-0.2, -0.15) is 0 Å². The molecule has 0 fully saturated rings. The van der Waals surface area contributed by atoms with E-state index in [1.807, 2.05) is 42.2 Å². The van der Waals surface area contributed by atoms with Gasteiger partial charge in [0.15, 0.2) is 5.78 Å². The highest BCUT2D eigenvalue weighted by Crippen LogP contribution is 2.35. The van der Waals surface area contributed by atoms with Crippen molar-refractivity contribution in [2.45, 2.75) is 6.92 Å². The van der Waals surface area contributed by atoms with Crippen molar-refractivity contribution in [3.63, 3.8) is 0 Å². The van der Waals surface area contributed by atoms with E-state index < -0.39 is 0 Å². The molecule has 0 unspecified atom stereocenters. The molecule has 1 aromatic carbocycles.